The minimum absolute atomic E-state index is 0.0222. The van der Waals surface area contributed by atoms with Gasteiger partial charge in [0.05, 0.1) is 6.54 Å². The van der Waals surface area contributed by atoms with Gasteiger partial charge in [0, 0.05) is 22.6 Å². The van der Waals surface area contributed by atoms with Crippen molar-refractivity contribution in [1.82, 2.24) is 10.2 Å². The summed E-state index contributed by atoms with van der Waals surface area (Å²) in [6.07, 6.45) is 2.11. The molecule has 0 bridgehead atoms. The molecule has 0 aromatic heterocycles. The smallest absolute Gasteiger partial charge is 0.234 e. The van der Waals surface area contributed by atoms with E-state index in [1.807, 2.05) is 42.5 Å². The number of rotatable bonds is 5. The van der Waals surface area contributed by atoms with Gasteiger partial charge in [-0.15, -0.1) is 0 Å². The van der Waals surface area contributed by atoms with Crippen LogP contribution >= 0.6 is 23.2 Å². The number of carbonyl (C=O) groups excluding carboxylic acids is 1. The molecule has 1 atom stereocenters. The van der Waals surface area contributed by atoms with E-state index < -0.39 is 0 Å². The van der Waals surface area contributed by atoms with E-state index in [2.05, 4.69) is 16.3 Å². The predicted octanol–water partition coefficient (Wildman–Crippen LogP) is 4.45. The molecular formula is C19H20Cl2N2O. The van der Waals surface area contributed by atoms with E-state index in [0.717, 1.165) is 35.5 Å². The first kappa shape index (κ1) is 17.3. The van der Waals surface area contributed by atoms with Crippen LogP contribution in [0.25, 0.3) is 0 Å². The molecule has 2 aromatic carbocycles. The monoisotopic (exact) mass is 362 g/mol. The van der Waals surface area contributed by atoms with Gasteiger partial charge < -0.3 is 5.32 Å². The van der Waals surface area contributed by atoms with Crippen LogP contribution < -0.4 is 5.32 Å². The Hall–Kier alpha value is -1.55. The second-order valence-electron chi connectivity index (χ2n) is 6.06. The van der Waals surface area contributed by atoms with Crippen LogP contribution in [0.4, 0.5) is 0 Å². The SMILES string of the molecule is O=C(CN1CCCC1c1ccccc1Cl)NCc1cccc(Cl)c1. The fourth-order valence-electron chi connectivity index (χ4n) is 3.20. The molecule has 1 fully saturated rings. The summed E-state index contributed by atoms with van der Waals surface area (Å²) >= 11 is 12.3. The summed E-state index contributed by atoms with van der Waals surface area (Å²) in [5, 5.41) is 4.42. The van der Waals surface area contributed by atoms with Crippen LogP contribution in [0, 0.1) is 0 Å². The summed E-state index contributed by atoms with van der Waals surface area (Å²) in [5.74, 6) is 0.0222. The molecule has 0 aliphatic carbocycles. The van der Waals surface area contributed by atoms with E-state index in [-0.39, 0.29) is 11.9 Å². The average molecular weight is 363 g/mol. The highest BCUT2D eigenvalue weighted by Gasteiger charge is 2.28. The largest absolute Gasteiger partial charge is 0.351 e. The van der Waals surface area contributed by atoms with Crippen LogP contribution in [-0.4, -0.2) is 23.9 Å². The van der Waals surface area contributed by atoms with Crippen LogP contribution in [0.1, 0.15) is 30.0 Å². The Kier molecular flexibility index (Phi) is 5.77. The van der Waals surface area contributed by atoms with Crippen molar-refractivity contribution in [3.05, 3.63) is 69.7 Å². The van der Waals surface area contributed by atoms with Crippen molar-refractivity contribution >= 4 is 29.1 Å². The van der Waals surface area contributed by atoms with E-state index in [1.54, 1.807) is 0 Å². The summed E-state index contributed by atoms with van der Waals surface area (Å²) in [4.78, 5) is 14.5. The van der Waals surface area contributed by atoms with Crippen molar-refractivity contribution in [2.24, 2.45) is 0 Å². The van der Waals surface area contributed by atoms with Crippen LogP contribution in [-0.2, 0) is 11.3 Å². The van der Waals surface area contributed by atoms with Gasteiger partial charge in [-0.3, -0.25) is 9.69 Å². The van der Waals surface area contributed by atoms with E-state index >= 15 is 0 Å². The maximum absolute atomic E-state index is 12.3. The van der Waals surface area contributed by atoms with Gasteiger partial charge in [-0.1, -0.05) is 53.5 Å². The third-order valence-corrected chi connectivity index (χ3v) is 4.93. The molecule has 2 aromatic rings. The summed E-state index contributed by atoms with van der Waals surface area (Å²) in [6.45, 7) is 1.79. The Bertz CT molecular complexity index is 720. The lowest BCUT2D eigenvalue weighted by atomic mass is 10.0. The lowest BCUT2D eigenvalue weighted by Gasteiger charge is -2.25. The molecule has 3 nitrogen and oxygen atoms in total. The van der Waals surface area contributed by atoms with Gasteiger partial charge in [-0.2, -0.15) is 0 Å². The van der Waals surface area contributed by atoms with Crippen LogP contribution in [0.5, 0.6) is 0 Å². The molecule has 1 amide bonds. The van der Waals surface area contributed by atoms with E-state index in [0.29, 0.717) is 18.1 Å². The van der Waals surface area contributed by atoms with E-state index in [9.17, 15) is 4.79 Å². The number of nitrogens with one attached hydrogen (secondary N) is 1. The Morgan fingerprint density at radius 3 is 2.79 bits per heavy atom. The molecule has 0 spiro atoms. The summed E-state index contributed by atoms with van der Waals surface area (Å²) in [6, 6.07) is 15.6. The summed E-state index contributed by atoms with van der Waals surface area (Å²) in [7, 11) is 0. The topological polar surface area (TPSA) is 32.3 Å². The van der Waals surface area contributed by atoms with Gasteiger partial charge in [0.25, 0.3) is 0 Å². The zero-order chi connectivity index (χ0) is 16.9. The molecule has 1 heterocycles. The van der Waals surface area contributed by atoms with Gasteiger partial charge in [0.1, 0.15) is 0 Å². The van der Waals surface area contributed by atoms with E-state index in [1.165, 1.54) is 0 Å². The standard InChI is InChI=1S/C19H20Cl2N2O/c20-15-6-3-5-14(11-15)12-22-19(24)13-23-10-4-9-18(23)16-7-1-2-8-17(16)21/h1-3,5-8,11,18H,4,9-10,12-13H2,(H,22,24). The van der Waals surface area contributed by atoms with Crippen molar-refractivity contribution in [2.75, 3.05) is 13.1 Å². The lowest BCUT2D eigenvalue weighted by Crippen LogP contribution is -2.36. The highest BCUT2D eigenvalue weighted by molar-refractivity contribution is 6.31. The molecule has 1 unspecified atom stereocenters. The number of likely N-dealkylation sites (tertiary alicyclic amines) is 1. The molecular weight excluding hydrogens is 343 g/mol. The molecule has 5 heteroatoms. The minimum atomic E-state index is 0.0222. The molecule has 0 saturated carbocycles. The third kappa shape index (κ3) is 4.29. The Morgan fingerprint density at radius 1 is 1.17 bits per heavy atom. The number of halogens is 2. The number of benzene rings is 2. The summed E-state index contributed by atoms with van der Waals surface area (Å²) < 4.78 is 0. The quantitative estimate of drug-likeness (QED) is 0.852. The first-order chi connectivity index (χ1) is 11.6. The first-order valence-corrected chi connectivity index (χ1v) is 8.88. The third-order valence-electron chi connectivity index (χ3n) is 4.35. The number of hydrogen-bond acceptors (Lipinski definition) is 2. The fraction of sp³-hybridized carbons (Fsp3) is 0.316. The second kappa shape index (κ2) is 8.02. The Labute approximate surface area is 152 Å². The Morgan fingerprint density at radius 2 is 2.00 bits per heavy atom. The van der Waals surface area contributed by atoms with Gasteiger partial charge in [0.15, 0.2) is 0 Å². The number of amides is 1. The molecule has 3 rings (SSSR count). The van der Waals surface area contributed by atoms with Crippen LogP contribution in [0.3, 0.4) is 0 Å². The van der Waals surface area contributed by atoms with Crippen molar-refractivity contribution in [3.8, 4) is 0 Å². The molecule has 1 N–H and O–H groups in total. The summed E-state index contributed by atoms with van der Waals surface area (Å²) in [5.41, 5.74) is 2.11. The number of nitrogens with zero attached hydrogens (tertiary/aromatic N) is 1. The highest BCUT2D eigenvalue weighted by Crippen LogP contribution is 2.35. The van der Waals surface area contributed by atoms with Gasteiger partial charge in [0.2, 0.25) is 5.91 Å². The fourth-order valence-corrected chi connectivity index (χ4v) is 3.68. The van der Waals surface area contributed by atoms with Crippen molar-refractivity contribution < 1.29 is 4.79 Å². The second-order valence-corrected chi connectivity index (χ2v) is 6.90. The molecule has 1 aliphatic heterocycles. The van der Waals surface area contributed by atoms with Gasteiger partial charge in [-0.25, -0.2) is 0 Å². The molecule has 24 heavy (non-hydrogen) atoms. The maximum Gasteiger partial charge on any atom is 0.234 e. The lowest BCUT2D eigenvalue weighted by molar-refractivity contribution is -0.122. The average Bonchev–Trinajstić information content (AvgIpc) is 3.01. The predicted molar refractivity (Wildman–Crippen MR) is 98.3 cm³/mol. The zero-order valence-electron chi connectivity index (χ0n) is 13.3. The molecule has 0 radical (unpaired) electrons. The normalized spacial score (nSPS) is 17.8. The number of carbonyl (C=O) groups is 1. The highest BCUT2D eigenvalue weighted by atomic mass is 35.5. The van der Waals surface area contributed by atoms with Crippen molar-refractivity contribution in [1.29, 1.82) is 0 Å². The minimum Gasteiger partial charge on any atom is -0.351 e. The van der Waals surface area contributed by atoms with Crippen LogP contribution in [0.15, 0.2) is 48.5 Å². The van der Waals surface area contributed by atoms with Gasteiger partial charge >= 0.3 is 0 Å². The van der Waals surface area contributed by atoms with Crippen molar-refractivity contribution in [3.63, 3.8) is 0 Å². The van der Waals surface area contributed by atoms with Crippen molar-refractivity contribution in [2.45, 2.75) is 25.4 Å². The van der Waals surface area contributed by atoms with Gasteiger partial charge in [-0.05, 0) is 48.7 Å². The Balaban J connectivity index is 1.58. The zero-order valence-corrected chi connectivity index (χ0v) is 14.9. The maximum atomic E-state index is 12.3. The molecule has 126 valence electrons. The molecule has 1 saturated heterocycles. The number of hydrogen-bond donors (Lipinski definition) is 1. The van der Waals surface area contributed by atoms with Crippen LogP contribution in [0.2, 0.25) is 10.0 Å². The van der Waals surface area contributed by atoms with E-state index in [4.69, 9.17) is 23.2 Å². The first-order valence-electron chi connectivity index (χ1n) is 8.13. The molecule has 1 aliphatic rings.